The molecule has 0 amide bonds. The molecule has 5 heteroatoms. The number of hydrogen-bond donors (Lipinski definition) is 0. The highest BCUT2D eigenvalue weighted by Gasteiger charge is 2.20. The summed E-state index contributed by atoms with van der Waals surface area (Å²) in [4.78, 5) is 4.73. The molecule has 14 aromatic rings. The van der Waals surface area contributed by atoms with Gasteiger partial charge in [0.05, 0.1) is 11.0 Å². The Morgan fingerprint density at radius 3 is 1.48 bits per heavy atom. The highest BCUT2D eigenvalue weighted by atomic mass is 32.1. The van der Waals surface area contributed by atoms with Gasteiger partial charge in [0.15, 0.2) is 0 Å². The minimum atomic E-state index is 0.868. The summed E-state index contributed by atoms with van der Waals surface area (Å²) >= 11 is 1.84. The molecule has 0 aliphatic carbocycles. The van der Waals surface area contributed by atoms with Crippen LogP contribution in [0.3, 0.4) is 0 Å². The Balaban J connectivity index is 0.888. The van der Waals surface area contributed by atoms with Crippen molar-refractivity contribution in [3.05, 3.63) is 261 Å². The van der Waals surface area contributed by atoms with E-state index in [1.54, 1.807) is 0 Å². The SMILES string of the molecule is c1ccc(N(c2ccccc2)c2cccc(N(c3cccc(-c4ccc5oc6ccc(-c7ccc8c9ccccc9n(-c9ccccc9)c8c7)cc6c5c4)c3)c3ccc4sc5ccccc5c4c3)c2)cc1. The van der Waals surface area contributed by atoms with Crippen molar-refractivity contribution in [1.29, 1.82) is 0 Å². The first kappa shape index (κ1) is 40.9. The molecule has 0 spiro atoms. The van der Waals surface area contributed by atoms with Crippen LogP contribution in [0.15, 0.2) is 265 Å². The number of aromatic nitrogens is 1. The highest BCUT2D eigenvalue weighted by molar-refractivity contribution is 7.25. The van der Waals surface area contributed by atoms with Crippen molar-refractivity contribution < 1.29 is 4.42 Å². The molecule has 0 unspecified atom stereocenters. The molecular weight excluding hydrogens is 883 g/mol. The maximum absolute atomic E-state index is 6.54. The molecular formula is C66H43N3OS. The molecule has 0 atom stereocenters. The highest BCUT2D eigenvalue weighted by Crippen LogP contribution is 2.45. The summed E-state index contributed by atoms with van der Waals surface area (Å²) in [6.45, 7) is 0. The monoisotopic (exact) mass is 925 g/mol. The van der Waals surface area contributed by atoms with Gasteiger partial charge in [-0.25, -0.2) is 0 Å². The molecule has 11 aromatic carbocycles. The molecule has 0 N–H and O–H groups in total. The van der Waals surface area contributed by atoms with Crippen LogP contribution < -0.4 is 9.80 Å². The van der Waals surface area contributed by atoms with Crippen molar-refractivity contribution in [3.63, 3.8) is 0 Å². The summed E-state index contributed by atoms with van der Waals surface area (Å²) in [6.07, 6.45) is 0. The lowest BCUT2D eigenvalue weighted by Gasteiger charge is -2.29. The topological polar surface area (TPSA) is 24.6 Å². The van der Waals surface area contributed by atoms with Crippen molar-refractivity contribution in [2.24, 2.45) is 0 Å². The molecule has 3 aromatic heterocycles. The molecule has 0 fully saturated rings. The Morgan fingerprint density at radius 2 is 0.775 bits per heavy atom. The Labute approximate surface area is 414 Å². The fourth-order valence-electron chi connectivity index (χ4n) is 10.6. The molecule has 14 rings (SSSR count). The average molecular weight is 926 g/mol. The lowest BCUT2D eigenvalue weighted by Crippen LogP contribution is -2.13. The van der Waals surface area contributed by atoms with E-state index in [0.717, 1.165) is 84.0 Å². The number of furan rings is 1. The Bertz CT molecular complexity index is 4270. The van der Waals surface area contributed by atoms with Gasteiger partial charge in [0, 0.05) is 81.5 Å². The van der Waals surface area contributed by atoms with Crippen molar-refractivity contribution in [1.82, 2.24) is 4.57 Å². The van der Waals surface area contributed by atoms with Crippen molar-refractivity contribution in [2.45, 2.75) is 0 Å². The van der Waals surface area contributed by atoms with E-state index in [1.807, 2.05) is 11.3 Å². The van der Waals surface area contributed by atoms with Crippen LogP contribution >= 0.6 is 11.3 Å². The van der Waals surface area contributed by atoms with Gasteiger partial charge in [0.1, 0.15) is 11.2 Å². The number of rotatable bonds is 9. The Kier molecular flexibility index (Phi) is 9.68. The zero-order valence-corrected chi connectivity index (χ0v) is 39.3. The third-order valence-electron chi connectivity index (χ3n) is 13.9. The molecule has 0 radical (unpaired) electrons. The van der Waals surface area contributed by atoms with E-state index in [-0.39, 0.29) is 0 Å². The van der Waals surface area contributed by atoms with Gasteiger partial charge in [0.25, 0.3) is 0 Å². The first-order chi connectivity index (χ1) is 35.2. The van der Waals surface area contributed by atoms with Crippen LogP contribution in [-0.4, -0.2) is 4.57 Å². The minimum absolute atomic E-state index is 0.868. The van der Waals surface area contributed by atoms with E-state index in [9.17, 15) is 0 Å². The molecule has 4 nitrogen and oxygen atoms in total. The number of fused-ring (bicyclic) bond motifs is 9. The summed E-state index contributed by atoms with van der Waals surface area (Å²) in [6, 6.07) is 94.1. The van der Waals surface area contributed by atoms with Gasteiger partial charge in [-0.15, -0.1) is 11.3 Å². The minimum Gasteiger partial charge on any atom is -0.456 e. The first-order valence-corrected chi connectivity index (χ1v) is 24.9. The molecule has 0 saturated carbocycles. The normalized spacial score (nSPS) is 11.7. The maximum Gasteiger partial charge on any atom is 0.135 e. The van der Waals surface area contributed by atoms with E-state index in [4.69, 9.17) is 4.42 Å². The largest absolute Gasteiger partial charge is 0.456 e. The number of benzene rings is 11. The Hall–Kier alpha value is -9.16. The quantitative estimate of drug-likeness (QED) is 0.144. The van der Waals surface area contributed by atoms with E-state index < -0.39 is 0 Å². The lowest BCUT2D eigenvalue weighted by molar-refractivity contribution is 0.669. The summed E-state index contributed by atoms with van der Waals surface area (Å²) in [5.74, 6) is 0. The van der Waals surface area contributed by atoms with E-state index in [0.29, 0.717) is 0 Å². The van der Waals surface area contributed by atoms with Gasteiger partial charge in [-0.1, -0.05) is 133 Å². The first-order valence-electron chi connectivity index (χ1n) is 24.1. The van der Waals surface area contributed by atoms with Crippen LogP contribution in [0.1, 0.15) is 0 Å². The Morgan fingerprint density at radius 1 is 0.282 bits per heavy atom. The average Bonchev–Trinajstić information content (AvgIpc) is 4.11. The van der Waals surface area contributed by atoms with E-state index in [1.165, 1.54) is 42.0 Å². The summed E-state index contributed by atoms with van der Waals surface area (Å²) < 4.78 is 11.5. The second-order valence-corrected chi connectivity index (χ2v) is 19.2. The second-order valence-electron chi connectivity index (χ2n) is 18.1. The second kappa shape index (κ2) is 16.8. The van der Waals surface area contributed by atoms with Gasteiger partial charge in [0.2, 0.25) is 0 Å². The van der Waals surface area contributed by atoms with Gasteiger partial charge >= 0.3 is 0 Å². The van der Waals surface area contributed by atoms with Crippen molar-refractivity contribution >= 4 is 109 Å². The number of thiophene rings is 1. The molecule has 0 saturated heterocycles. The number of anilines is 6. The predicted octanol–water partition coefficient (Wildman–Crippen LogP) is 19.3. The van der Waals surface area contributed by atoms with Crippen LogP contribution in [-0.2, 0) is 0 Å². The van der Waals surface area contributed by atoms with E-state index >= 15 is 0 Å². The zero-order chi connectivity index (χ0) is 46.8. The van der Waals surface area contributed by atoms with E-state index in [2.05, 4.69) is 275 Å². The standard InChI is InChI=1S/C66H43N3OS/c1-4-17-48(18-5-1)67(49-19-6-2-7-20-49)52-24-15-25-53(42-52)68(54-33-37-66-60(43-54)57-27-11-13-29-65(57)71-66)51-23-14-16-44(38-51)45-31-35-63-58(39-45)59-40-46(32-36-64(59)70-63)47-30-34-56-55-26-10-12-28-61(55)69(62(56)41-47)50-21-8-3-9-22-50/h1-43H. The third-order valence-corrected chi connectivity index (χ3v) is 15.1. The number of hydrogen-bond acceptors (Lipinski definition) is 4. The maximum atomic E-state index is 6.54. The smallest absolute Gasteiger partial charge is 0.135 e. The lowest BCUT2D eigenvalue weighted by atomic mass is 9.99. The molecule has 3 heterocycles. The molecule has 0 bridgehead atoms. The van der Waals surface area contributed by atoms with Gasteiger partial charge < -0.3 is 18.8 Å². The van der Waals surface area contributed by atoms with Crippen LogP contribution in [0, 0.1) is 0 Å². The summed E-state index contributed by atoms with van der Waals surface area (Å²) in [7, 11) is 0. The molecule has 0 aliphatic heterocycles. The molecule has 334 valence electrons. The van der Waals surface area contributed by atoms with Crippen LogP contribution in [0.5, 0.6) is 0 Å². The number of para-hydroxylation sites is 4. The summed E-state index contributed by atoms with van der Waals surface area (Å²) in [5.41, 5.74) is 16.3. The van der Waals surface area contributed by atoms with Gasteiger partial charge in [-0.3, -0.25) is 0 Å². The van der Waals surface area contributed by atoms with Crippen LogP contribution in [0.2, 0.25) is 0 Å². The zero-order valence-electron chi connectivity index (χ0n) is 38.5. The molecule has 71 heavy (non-hydrogen) atoms. The third kappa shape index (κ3) is 7.05. The predicted molar refractivity (Wildman–Crippen MR) is 301 cm³/mol. The molecule has 0 aliphatic rings. The van der Waals surface area contributed by atoms with Gasteiger partial charge in [-0.05, 0) is 150 Å². The fourth-order valence-corrected chi connectivity index (χ4v) is 11.7. The van der Waals surface area contributed by atoms with Gasteiger partial charge in [-0.2, -0.15) is 0 Å². The van der Waals surface area contributed by atoms with Crippen LogP contribution in [0.25, 0.3) is 91.9 Å². The van der Waals surface area contributed by atoms with Crippen molar-refractivity contribution in [2.75, 3.05) is 9.80 Å². The fraction of sp³-hybridized carbons (Fsp3) is 0. The van der Waals surface area contributed by atoms with Crippen molar-refractivity contribution in [3.8, 4) is 27.9 Å². The summed E-state index contributed by atoms with van der Waals surface area (Å²) in [5, 5.41) is 7.20. The van der Waals surface area contributed by atoms with Crippen LogP contribution in [0.4, 0.5) is 34.1 Å². The number of nitrogens with zero attached hydrogens (tertiary/aromatic N) is 3.